The Kier molecular flexibility index (Phi) is 5.99. The average Bonchev–Trinajstić information content (AvgIpc) is 1.98. The van der Waals surface area contributed by atoms with Crippen LogP contribution in [0.5, 0.6) is 5.75 Å². The molecule has 1 aromatic carbocycles. The summed E-state index contributed by atoms with van der Waals surface area (Å²) in [6.45, 7) is 3.88. The van der Waals surface area contributed by atoms with Gasteiger partial charge in [-0.1, -0.05) is 23.2 Å². The van der Waals surface area contributed by atoms with E-state index in [-0.39, 0.29) is 21.1 Å². The third-order valence-corrected chi connectivity index (χ3v) is 1.70. The molecule has 0 aliphatic rings. The molecule has 0 amide bonds. The molecule has 0 N–H and O–H groups in total. The molecular formula is C8H7Cl2OW-. The van der Waals surface area contributed by atoms with E-state index in [1.54, 1.807) is 18.2 Å². The minimum Gasteiger partial charge on any atom is -0.524 e. The second-order valence-electron chi connectivity index (χ2n) is 1.92. The van der Waals surface area contributed by atoms with Gasteiger partial charge in [-0.3, -0.25) is 0 Å². The molecule has 0 radical (unpaired) electrons. The van der Waals surface area contributed by atoms with Crippen molar-refractivity contribution in [1.82, 2.24) is 0 Å². The van der Waals surface area contributed by atoms with Crippen LogP contribution >= 0.6 is 23.2 Å². The van der Waals surface area contributed by atoms with Gasteiger partial charge in [0.2, 0.25) is 0 Å². The predicted molar refractivity (Wildman–Crippen MR) is 47.3 cm³/mol. The summed E-state index contributed by atoms with van der Waals surface area (Å²) in [6.07, 6.45) is 0. The van der Waals surface area contributed by atoms with Gasteiger partial charge in [-0.2, -0.15) is 0 Å². The molecule has 0 saturated heterocycles. The van der Waals surface area contributed by atoms with E-state index in [4.69, 9.17) is 27.9 Å². The summed E-state index contributed by atoms with van der Waals surface area (Å²) < 4.78 is 5.09. The fraction of sp³-hybridized carbons (Fsp3) is 0.125. The number of hydrogen-bond acceptors (Lipinski definition) is 1. The molecule has 0 spiro atoms. The molecule has 4 heteroatoms. The minimum absolute atomic E-state index is 0. The Morgan fingerprint density at radius 1 is 1.33 bits per heavy atom. The average molecular weight is 374 g/mol. The summed E-state index contributed by atoms with van der Waals surface area (Å²) in [5.74, 6) is 0.578. The van der Waals surface area contributed by atoms with Crippen LogP contribution in [0.25, 0.3) is 0 Å². The van der Waals surface area contributed by atoms with E-state index in [0.717, 1.165) is 0 Å². The first-order valence-electron chi connectivity index (χ1n) is 3.11. The van der Waals surface area contributed by atoms with Crippen LogP contribution in [0.1, 0.15) is 0 Å². The zero-order chi connectivity index (χ0) is 8.27. The summed E-state index contributed by atoms with van der Waals surface area (Å²) >= 11 is 11.5. The fourth-order valence-corrected chi connectivity index (χ4v) is 1.03. The molecule has 0 aromatic heterocycles. The van der Waals surface area contributed by atoms with Crippen molar-refractivity contribution in [3.8, 4) is 5.75 Å². The number of halogens is 2. The largest absolute Gasteiger partial charge is 0.524 e. The molecule has 1 rings (SSSR count). The summed E-state index contributed by atoms with van der Waals surface area (Å²) in [7, 11) is 0. The van der Waals surface area contributed by atoms with Crippen LogP contribution in [0.4, 0.5) is 0 Å². The van der Waals surface area contributed by atoms with Gasteiger partial charge in [0.1, 0.15) is 5.75 Å². The molecule has 0 heterocycles. The third-order valence-electron chi connectivity index (χ3n) is 1.15. The zero-order valence-electron chi connectivity index (χ0n) is 6.22. The van der Waals surface area contributed by atoms with Gasteiger partial charge in [-0.15, -0.1) is 0 Å². The van der Waals surface area contributed by atoms with Crippen LogP contribution in [0.15, 0.2) is 18.2 Å². The van der Waals surface area contributed by atoms with Crippen LogP contribution in [-0.4, -0.2) is 6.61 Å². The van der Waals surface area contributed by atoms with Gasteiger partial charge in [0.15, 0.2) is 0 Å². The van der Waals surface area contributed by atoms with E-state index >= 15 is 0 Å². The van der Waals surface area contributed by atoms with E-state index in [9.17, 15) is 0 Å². The summed E-state index contributed by atoms with van der Waals surface area (Å²) in [5, 5.41) is 1.16. The SMILES string of the molecule is [CH2-]COc1cc(Cl)ccc1Cl.[W]. The third kappa shape index (κ3) is 3.35. The van der Waals surface area contributed by atoms with Crippen molar-refractivity contribution < 1.29 is 25.8 Å². The smallest absolute Gasteiger partial charge is 0.135 e. The molecular weight excluding hydrogens is 367 g/mol. The second kappa shape index (κ2) is 5.85. The fourth-order valence-electron chi connectivity index (χ4n) is 0.698. The molecule has 12 heavy (non-hydrogen) atoms. The van der Waals surface area contributed by atoms with Crippen LogP contribution in [-0.2, 0) is 21.1 Å². The molecule has 0 atom stereocenters. The monoisotopic (exact) mass is 373 g/mol. The standard InChI is InChI=1S/C8H7Cl2O.W/c1-2-11-8-5-6(9)3-4-7(8)10;/h3-5H,1-2H2;/q-1;. The van der Waals surface area contributed by atoms with E-state index in [0.29, 0.717) is 22.4 Å². The normalized spacial score (nSPS) is 8.92. The van der Waals surface area contributed by atoms with Gasteiger partial charge in [0.25, 0.3) is 0 Å². The van der Waals surface area contributed by atoms with Crippen LogP contribution in [0, 0.1) is 6.92 Å². The zero-order valence-corrected chi connectivity index (χ0v) is 10.7. The maximum Gasteiger partial charge on any atom is 0.135 e. The van der Waals surface area contributed by atoms with Crippen molar-refractivity contribution in [3.05, 3.63) is 35.2 Å². The van der Waals surface area contributed by atoms with Gasteiger partial charge in [0.05, 0.1) is 5.02 Å². The van der Waals surface area contributed by atoms with Crippen LogP contribution in [0.3, 0.4) is 0 Å². The van der Waals surface area contributed by atoms with Crippen LogP contribution < -0.4 is 4.74 Å². The molecule has 0 unspecified atom stereocenters. The quantitative estimate of drug-likeness (QED) is 0.723. The molecule has 0 aliphatic carbocycles. The van der Waals surface area contributed by atoms with E-state index in [2.05, 4.69) is 6.92 Å². The Hall–Kier alpha value is 0.288. The van der Waals surface area contributed by atoms with Crippen molar-refractivity contribution in [2.24, 2.45) is 0 Å². The molecule has 0 bridgehead atoms. The van der Waals surface area contributed by atoms with Crippen LogP contribution in [0.2, 0.25) is 10.0 Å². The number of benzene rings is 1. The Balaban J connectivity index is 0.00000121. The molecule has 1 aromatic rings. The van der Waals surface area contributed by atoms with E-state index in [1.165, 1.54) is 0 Å². The van der Waals surface area contributed by atoms with Gasteiger partial charge in [-0.05, 0) is 18.7 Å². The maximum absolute atomic E-state index is 5.76. The molecule has 0 aliphatic heterocycles. The Morgan fingerprint density at radius 2 is 2.00 bits per heavy atom. The van der Waals surface area contributed by atoms with Crippen molar-refractivity contribution in [1.29, 1.82) is 0 Å². The summed E-state index contributed by atoms with van der Waals surface area (Å²) in [4.78, 5) is 0. The van der Waals surface area contributed by atoms with Crippen molar-refractivity contribution in [2.75, 3.05) is 6.61 Å². The van der Waals surface area contributed by atoms with Crippen molar-refractivity contribution >= 4 is 23.2 Å². The summed E-state index contributed by atoms with van der Waals surface area (Å²) in [5.41, 5.74) is 0. The maximum atomic E-state index is 5.76. The van der Waals surface area contributed by atoms with Gasteiger partial charge < -0.3 is 11.7 Å². The van der Waals surface area contributed by atoms with Crippen molar-refractivity contribution in [3.63, 3.8) is 0 Å². The van der Waals surface area contributed by atoms with Gasteiger partial charge in [0, 0.05) is 32.2 Å². The van der Waals surface area contributed by atoms with Gasteiger partial charge >= 0.3 is 0 Å². The molecule has 1 nitrogen and oxygen atoms in total. The Labute approximate surface area is 96.3 Å². The molecule has 0 saturated carbocycles. The van der Waals surface area contributed by atoms with E-state index in [1.807, 2.05) is 0 Å². The molecule has 0 fully saturated rings. The van der Waals surface area contributed by atoms with Gasteiger partial charge in [-0.25, -0.2) is 0 Å². The Bertz CT molecular complexity index is 253. The predicted octanol–water partition coefficient (Wildman–Crippen LogP) is 3.20. The molecule has 66 valence electrons. The first kappa shape index (κ1) is 12.3. The number of ether oxygens (including phenoxy) is 1. The summed E-state index contributed by atoms with van der Waals surface area (Å²) in [6, 6.07) is 5.06. The topological polar surface area (TPSA) is 9.23 Å². The minimum atomic E-state index is 0. The Morgan fingerprint density at radius 3 is 2.58 bits per heavy atom. The van der Waals surface area contributed by atoms with Crippen molar-refractivity contribution in [2.45, 2.75) is 0 Å². The first-order chi connectivity index (χ1) is 5.24. The first-order valence-corrected chi connectivity index (χ1v) is 3.86. The second-order valence-corrected chi connectivity index (χ2v) is 2.77. The number of rotatable bonds is 2. The number of hydrogen-bond donors (Lipinski definition) is 0. The van der Waals surface area contributed by atoms with E-state index < -0.39 is 0 Å².